The summed E-state index contributed by atoms with van der Waals surface area (Å²) in [7, 11) is 0. The number of nitrogen functional groups attached to an aromatic ring is 1. The minimum atomic E-state index is -0.529. The van der Waals surface area contributed by atoms with E-state index in [9.17, 15) is 14.9 Å². The number of nitro groups is 1. The number of hydrogen-bond donors (Lipinski definition) is 2. The van der Waals surface area contributed by atoms with Crippen molar-refractivity contribution in [3.8, 4) is 0 Å². The Hall–Kier alpha value is -2.96. The minimum Gasteiger partial charge on any atom is -0.397 e. The number of nitrogens with one attached hydrogen (secondary N) is 1. The van der Waals surface area contributed by atoms with Gasteiger partial charge in [-0.3, -0.25) is 14.9 Å². The SMILES string of the molecule is Cc1cc(NC(=O)c2ccc(N)cn2)c([N+](=O)[O-])cc1C. The van der Waals surface area contributed by atoms with Gasteiger partial charge >= 0.3 is 0 Å². The Balaban J connectivity index is 2.34. The van der Waals surface area contributed by atoms with Crippen molar-refractivity contribution in [2.45, 2.75) is 13.8 Å². The third kappa shape index (κ3) is 3.14. The molecule has 2 aromatic rings. The summed E-state index contributed by atoms with van der Waals surface area (Å²) >= 11 is 0. The Bertz CT molecular complexity index is 711. The number of rotatable bonds is 3. The van der Waals surface area contributed by atoms with Gasteiger partial charge in [-0.25, -0.2) is 4.98 Å². The van der Waals surface area contributed by atoms with Crippen LogP contribution in [-0.2, 0) is 0 Å². The van der Waals surface area contributed by atoms with Crippen LogP contribution in [0.1, 0.15) is 21.6 Å². The number of nitrogens with two attached hydrogens (primary N) is 1. The molecule has 0 aliphatic rings. The van der Waals surface area contributed by atoms with Crippen LogP contribution >= 0.6 is 0 Å². The standard InChI is InChI=1S/C14H14N4O3/c1-8-5-12(13(18(20)21)6-9(8)2)17-14(19)11-4-3-10(15)7-16-11/h3-7H,15H2,1-2H3,(H,17,19). The molecule has 0 aliphatic heterocycles. The van der Waals surface area contributed by atoms with E-state index in [2.05, 4.69) is 10.3 Å². The topological polar surface area (TPSA) is 111 Å². The van der Waals surface area contributed by atoms with Gasteiger partial charge in [0.15, 0.2) is 0 Å². The van der Waals surface area contributed by atoms with Gasteiger partial charge < -0.3 is 11.1 Å². The van der Waals surface area contributed by atoms with E-state index in [1.807, 2.05) is 6.92 Å². The maximum absolute atomic E-state index is 12.1. The summed E-state index contributed by atoms with van der Waals surface area (Å²) in [5.41, 5.74) is 7.69. The Kier molecular flexibility index (Phi) is 3.84. The summed E-state index contributed by atoms with van der Waals surface area (Å²) < 4.78 is 0. The van der Waals surface area contributed by atoms with Crippen molar-refractivity contribution in [1.82, 2.24) is 4.98 Å². The number of pyridine rings is 1. The number of aryl methyl sites for hydroxylation is 2. The summed E-state index contributed by atoms with van der Waals surface area (Å²) in [6.07, 6.45) is 1.35. The Morgan fingerprint density at radius 1 is 1.29 bits per heavy atom. The maximum Gasteiger partial charge on any atom is 0.293 e. The molecule has 0 aliphatic carbocycles. The van der Waals surface area contributed by atoms with E-state index >= 15 is 0 Å². The molecule has 0 fully saturated rings. The lowest BCUT2D eigenvalue weighted by Gasteiger charge is -2.08. The normalized spacial score (nSPS) is 10.2. The monoisotopic (exact) mass is 286 g/mol. The van der Waals surface area contributed by atoms with Gasteiger partial charge in [-0.1, -0.05) is 0 Å². The first-order valence-corrected chi connectivity index (χ1v) is 6.17. The van der Waals surface area contributed by atoms with E-state index in [0.29, 0.717) is 5.69 Å². The van der Waals surface area contributed by atoms with Crippen LogP contribution < -0.4 is 11.1 Å². The first-order chi connectivity index (χ1) is 9.88. The molecule has 0 unspecified atom stereocenters. The zero-order valence-corrected chi connectivity index (χ0v) is 11.6. The van der Waals surface area contributed by atoms with Crippen LogP contribution in [0.2, 0.25) is 0 Å². The third-order valence-electron chi connectivity index (χ3n) is 3.08. The van der Waals surface area contributed by atoms with Crippen LogP contribution in [0, 0.1) is 24.0 Å². The summed E-state index contributed by atoms with van der Waals surface area (Å²) in [6, 6.07) is 6.00. The molecule has 1 heterocycles. The van der Waals surface area contributed by atoms with Gasteiger partial charge in [0.05, 0.1) is 16.8 Å². The van der Waals surface area contributed by atoms with Gasteiger partial charge in [0.1, 0.15) is 11.4 Å². The fourth-order valence-corrected chi connectivity index (χ4v) is 1.78. The second kappa shape index (κ2) is 5.58. The number of benzene rings is 1. The summed E-state index contributed by atoms with van der Waals surface area (Å²) in [5, 5.41) is 13.6. The van der Waals surface area contributed by atoms with Crippen molar-refractivity contribution in [2.24, 2.45) is 0 Å². The van der Waals surface area contributed by atoms with E-state index < -0.39 is 10.8 Å². The van der Waals surface area contributed by atoms with E-state index in [4.69, 9.17) is 5.73 Å². The van der Waals surface area contributed by atoms with Gasteiger partial charge in [-0.05, 0) is 43.2 Å². The summed E-state index contributed by atoms with van der Waals surface area (Å²) in [6.45, 7) is 3.59. The molecule has 108 valence electrons. The van der Waals surface area contributed by atoms with E-state index in [0.717, 1.165) is 11.1 Å². The molecule has 0 spiro atoms. The van der Waals surface area contributed by atoms with E-state index in [-0.39, 0.29) is 17.1 Å². The second-order valence-corrected chi connectivity index (χ2v) is 4.64. The summed E-state index contributed by atoms with van der Waals surface area (Å²) in [4.78, 5) is 26.5. The van der Waals surface area contributed by atoms with Crippen LogP contribution in [0.25, 0.3) is 0 Å². The van der Waals surface area contributed by atoms with Crippen LogP contribution in [0.4, 0.5) is 17.1 Å². The fourth-order valence-electron chi connectivity index (χ4n) is 1.78. The number of aromatic nitrogens is 1. The molecule has 2 rings (SSSR count). The number of nitrogens with zero attached hydrogens (tertiary/aromatic N) is 2. The zero-order valence-electron chi connectivity index (χ0n) is 11.6. The number of anilines is 2. The molecule has 7 heteroatoms. The third-order valence-corrected chi connectivity index (χ3v) is 3.08. The molecule has 7 nitrogen and oxygen atoms in total. The summed E-state index contributed by atoms with van der Waals surface area (Å²) in [5.74, 6) is -0.527. The molecular formula is C14H14N4O3. The highest BCUT2D eigenvalue weighted by atomic mass is 16.6. The van der Waals surface area contributed by atoms with Gasteiger partial charge in [-0.2, -0.15) is 0 Å². The lowest BCUT2D eigenvalue weighted by atomic mass is 10.1. The predicted molar refractivity (Wildman–Crippen MR) is 79.2 cm³/mol. The lowest BCUT2D eigenvalue weighted by molar-refractivity contribution is -0.384. The van der Waals surface area contributed by atoms with Crippen molar-refractivity contribution in [3.63, 3.8) is 0 Å². The predicted octanol–water partition coefficient (Wildman–Crippen LogP) is 2.44. The second-order valence-electron chi connectivity index (χ2n) is 4.64. The Morgan fingerprint density at radius 2 is 1.95 bits per heavy atom. The van der Waals surface area contributed by atoms with Gasteiger partial charge in [0.2, 0.25) is 0 Å². The number of carbonyl (C=O) groups is 1. The zero-order chi connectivity index (χ0) is 15.6. The minimum absolute atomic E-state index is 0.136. The van der Waals surface area contributed by atoms with Gasteiger partial charge in [0, 0.05) is 6.07 Å². The smallest absolute Gasteiger partial charge is 0.293 e. The molecule has 1 aromatic carbocycles. The number of carbonyl (C=O) groups excluding carboxylic acids is 1. The van der Waals surface area contributed by atoms with Crippen LogP contribution in [0.15, 0.2) is 30.5 Å². The molecule has 3 N–H and O–H groups in total. The highest BCUT2D eigenvalue weighted by molar-refractivity contribution is 6.04. The van der Waals surface area contributed by atoms with Crippen LogP contribution in [0.5, 0.6) is 0 Å². The maximum atomic E-state index is 12.1. The van der Waals surface area contributed by atoms with E-state index in [1.54, 1.807) is 13.0 Å². The molecular weight excluding hydrogens is 272 g/mol. The van der Waals surface area contributed by atoms with Crippen molar-refractivity contribution >= 4 is 23.0 Å². The lowest BCUT2D eigenvalue weighted by Crippen LogP contribution is -2.15. The fraction of sp³-hybridized carbons (Fsp3) is 0.143. The van der Waals surface area contributed by atoms with Crippen LogP contribution in [0.3, 0.4) is 0 Å². The average molecular weight is 286 g/mol. The van der Waals surface area contributed by atoms with Crippen molar-refractivity contribution in [2.75, 3.05) is 11.1 Å². The van der Waals surface area contributed by atoms with Crippen molar-refractivity contribution in [3.05, 3.63) is 57.4 Å². The largest absolute Gasteiger partial charge is 0.397 e. The molecule has 0 bridgehead atoms. The van der Waals surface area contributed by atoms with Gasteiger partial charge in [-0.15, -0.1) is 0 Å². The molecule has 0 atom stereocenters. The number of hydrogen-bond acceptors (Lipinski definition) is 5. The molecule has 21 heavy (non-hydrogen) atoms. The first-order valence-electron chi connectivity index (χ1n) is 6.17. The average Bonchev–Trinajstić information content (AvgIpc) is 2.43. The highest BCUT2D eigenvalue weighted by Crippen LogP contribution is 2.28. The number of nitro benzene ring substituents is 1. The van der Waals surface area contributed by atoms with Gasteiger partial charge in [0.25, 0.3) is 11.6 Å². The molecule has 0 radical (unpaired) electrons. The molecule has 1 aromatic heterocycles. The Morgan fingerprint density at radius 3 is 2.52 bits per heavy atom. The highest BCUT2D eigenvalue weighted by Gasteiger charge is 2.18. The first kappa shape index (κ1) is 14.4. The van der Waals surface area contributed by atoms with Crippen LogP contribution in [-0.4, -0.2) is 15.8 Å². The quantitative estimate of drug-likeness (QED) is 0.665. The molecule has 1 amide bonds. The van der Waals surface area contributed by atoms with E-state index in [1.165, 1.54) is 24.4 Å². The molecule has 0 saturated carbocycles. The Labute approximate surface area is 121 Å². The molecule has 0 saturated heterocycles. The number of amides is 1. The van der Waals surface area contributed by atoms with Crippen molar-refractivity contribution in [1.29, 1.82) is 0 Å². The van der Waals surface area contributed by atoms with Crippen molar-refractivity contribution < 1.29 is 9.72 Å².